The van der Waals surface area contributed by atoms with Gasteiger partial charge in [0.2, 0.25) is 0 Å². The third kappa shape index (κ3) is 3.78. The molecule has 0 bridgehead atoms. The molecule has 0 saturated carbocycles. The van der Waals surface area contributed by atoms with E-state index in [-0.39, 0.29) is 7.25 Å². The number of rotatable bonds is 5. The molecule has 3 aromatic rings. The van der Waals surface area contributed by atoms with Gasteiger partial charge in [0.05, 0.1) is 0 Å². The molecule has 0 spiro atoms. The van der Waals surface area contributed by atoms with Crippen LogP contribution in [0.5, 0.6) is 0 Å². The Balaban J connectivity index is 1.79. The van der Waals surface area contributed by atoms with Gasteiger partial charge in [-0.3, -0.25) is 0 Å². The molecule has 2 atom stereocenters. The summed E-state index contributed by atoms with van der Waals surface area (Å²) in [6.45, 7) is 16.2. The van der Waals surface area contributed by atoms with Gasteiger partial charge >= 0.3 is 228 Å². The van der Waals surface area contributed by atoms with E-state index in [1.807, 2.05) is 0 Å². The maximum absolute atomic E-state index is 8.38. The van der Waals surface area contributed by atoms with Crippen molar-refractivity contribution in [3.05, 3.63) is 105 Å². The zero-order chi connectivity index (χ0) is 26.0. The molecule has 0 aromatic heterocycles. The van der Waals surface area contributed by atoms with Gasteiger partial charge in [-0.1, -0.05) is 0 Å². The van der Waals surface area contributed by atoms with Crippen LogP contribution in [0.3, 0.4) is 0 Å². The summed E-state index contributed by atoms with van der Waals surface area (Å²) < 4.78 is 0.301. The standard InChI is InChI=1S/C17H15.C13H15.C2H7Si.2ClH.Zr/c1-12-10-15-9-8-13(2)17(16(15)11-12)14-6-4-3-5-7-14;1-9(2)12-7-11-6-4-5-10(3)13(11)8-12;1-3-2;;;/h3-11H,1-2H3;4-9H,1-3H3;3H,1-2H3;2*1H;/q;;;;;+2/p-2. The van der Waals surface area contributed by atoms with Crippen LogP contribution in [0.1, 0.15) is 61.4 Å². The van der Waals surface area contributed by atoms with Crippen LogP contribution in [0, 0.1) is 19.8 Å². The van der Waals surface area contributed by atoms with E-state index < -0.39 is 21.5 Å². The monoisotopic (exact) mass is 609 g/mol. The van der Waals surface area contributed by atoms with Crippen molar-refractivity contribution >= 4 is 35.1 Å². The Morgan fingerprint density at radius 2 is 1.39 bits per heavy atom. The zero-order valence-electron chi connectivity index (χ0n) is 22.5. The Morgan fingerprint density at radius 1 is 0.722 bits per heavy atom. The second-order valence-corrected chi connectivity index (χ2v) is 54.1. The molecule has 2 unspecified atom stereocenters. The van der Waals surface area contributed by atoms with Crippen molar-refractivity contribution in [2.24, 2.45) is 5.92 Å². The first-order valence-corrected chi connectivity index (χ1v) is 29.5. The number of hydrogen-bond acceptors (Lipinski definition) is 0. The predicted octanol–water partition coefficient (Wildman–Crippen LogP) is 10.2. The van der Waals surface area contributed by atoms with Crippen LogP contribution in [0.25, 0.3) is 23.3 Å². The Morgan fingerprint density at radius 3 is 2.03 bits per heavy atom. The van der Waals surface area contributed by atoms with Gasteiger partial charge in [-0.2, -0.15) is 0 Å². The molecule has 0 heterocycles. The molecule has 187 valence electrons. The second-order valence-electron chi connectivity index (χ2n) is 11.6. The Hall–Kier alpha value is -1.18. The first-order valence-electron chi connectivity index (χ1n) is 13.2. The molecule has 2 aliphatic carbocycles. The van der Waals surface area contributed by atoms with Gasteiger partial charge in [0.25, 0.3) is 0 Å². The van der Waals surface area contributed by atoms with Crippen LogP contribution >= 0.6 is 17.0 Å². The number of allylic oxidation sites excluding steroid dienone is 2. The Labute approximate surface area is 226 Å². The molecule has 2 aliphatic rings. The van der Waals surface area contributed by atoms with E-state index in [4.69, 9.17) is 17.0 Å². The molecular formula is C32H37Cl2SiZr. The quantitative estimate of drug-likeness (QED) is 0.252. The van der Waals surface area contributed by atoms with Gasteiger partial charge in [-0.05, 0) is 0 Å². The number of fused-ring (bicyclic) bond motifs is 2. The number of benzene rings is 3. The summed E-state index contributed by atoms with van der Waals surface area (Å²) in [4.78, 5) is 0. The minimum atomic E-state index is -4.61. The Bertz CT molecular complexity index is 1420. The molecule has 0 nitrogen and oxygen atoms in total. The van der Waals surface area contributed by atoms with E-state index in [1.54, 1.807) is 0 Å². The van der Waals surface area contributed by atoms with E-state index in [0.29, 0.717) is 5.92 Å². The molecule has 36 heavy (non-hydrogen) atoms. The van der Waals surface area contributed by atoms with Crippen LogP contribution in [-0.2, 0) is 15.6 Å². The summed E-state index contributed by atoms with van der Waals surface area (Å²) in [5, 5.41) is 0. The van der Waals surface area contributed by atoms with Crippen molar-refractivity contribution in [2.75, 3.05) is 0 Å². The molecule has 0 aliphatic heterocycles. The minimum absolute atomic E-state index is 0.137. The number of aryl methyl sites for hydroxylation is 2. The van der Waals surface area contributed by atoms with Crippen LogP contribution in [0.2, 0.25) is 13.1 Å². The number of hydrogen-bond donors (Lipinski definition) is 0. The molecular weight excluding hydrogens is 575 g/mol. The van der Waals surface area contributed by atoms with Gasteiger partial charge in [-0.15, -0.1) is 0 Å². The fourth-order valence-electron chi connectivity index (χ4n) is 6.96. The molecule has 4 heteroatoms. The van der Waals surface area contributed by atoms with Crippen LogP contribution in [-0.4, -0.2) is 5.92 Å². The SMILES string of the molecule is CC1=Cc2c(ccc(C)c2-c2ccccc2)[CH]1[Zr]([Cl])([Cl])([CH]1C(C(C)C)=Cc2c(C)cccc21)[SiH](C)C. The van der Waals surface area contributed by atoms with Gasteiger partial charge < -0.3 is 0 Å². The van der Waals surface area contributed by atoms with Crippen LogP contribution in [0.4, 0.5) is 0 Å². The first-order chi connectivity index (χ1) is 17.0. The topological polar surface area (TPSA) is 0 Å². The van der Waals surface area contributed by atoms with Crippen LogP contribution in [0.15, 0.2) is 71.8 Å². The average molecular weight is 612 g/mol. The molecule has 0 radical (unpaired) electrons. The van der Waals surface area contributed by atoms with Gasteiger partial charge in [0, 0.05) is 0 Å². The predicted molar refractivity (Wildman–Crippen MR) is 160 cm³/mol. The van der Waals surface area contributed by atoms with Crippen molar-refractivity contribution in [2.45, 2.75) is 55.0 Å². The van der Waals surface area contributed by atoms with Gasteiger partial charge in [0.1, 0.15) is 0 Å². The van der Waals surface area contributed by atoms with E-state index in [9.17, 15) is 0 Å². The third-order valence-corrected chi connectivity index (χ3v) is 60.8. The van der Waals surface area contributed by atoms with E-state index >= 15 is 0 Å². The summed E-state index contributed by atoms with van der Waals surface area (Å²) in [5.74, 6) is -1.11. The normalized spacial score (nSPS) is 20.1. The molecule has 3 aromatic carbocycles. The summed E-state index contributed by atoms with van der Waals surface area (Å²) in [6, 6.07) is 22.2. The van der Waals surface area contributed by atoms with Gasteiger partial charge in [0.15, 0.2) is 0 Å². The molecule has 5 rings (SSSR count). The van der Waals surface area contributed by atoms with E-state index in [1.165, 1.54) is 55.7 Å². The fraction of sp³-hybridized carbons (Fsp3) is 0.312. The molecule has 0 fully saturated rings. The summed E-state index contributed by atoms with van der Waals surface area (Å²) in [6.07, 6.45) is 4.85. The fourth-order valence-corrected chi connectivity index (χ4v) is 39.2. The number of halogens is 2. The van der Waals surface area contributed by atoms with Crippen molar-refractivity contribution in [1.29, 1.82) is 0 Å². The second kappa shape index (κ2) is 9.23. The van der Waals surface area contributed by atoms with Crippen molar-refractivity contribution in [1.82, 2.24) is 0 Å². The average Bonchev–Trinajstić information content (AvgIpc) is 3.39. The zero-order valence-corrected chi connectivity index (χ0v) is 27.6. The van der Waals surface area contributed by atoms with E-state index in [0.717, 1.165) is 0 Å². The van der Waals surface area contributed by atoms with Crippen LogP contribution < -0.4 is 0 Å². The van der Waals surface area contributed by atoms with Crippen molar-refractivity contribution < 1.29 is 15.6 Å². The molecule has 0 amide bonds. The summed E-state index contributed by atoms with van der Waals surface area (Å²) >= 11 is -4.61. The van der Waals surface area contributed by atoms with E-state index in [2.05, 4.69) is 121 Å². The van der Waals surface area contributed by atoms with Gasteiger partial charge in [-0.25, -0.2) is 0 Å². The third-order valence-electron chi connectivity index (χ3n) is 8.87. The molecule has 0 saturated heterocycles. The van der Waals surface area contributed by atoms with Crippen molar-refractivity contribution in [3.8, 4) is 11.1 Å². The van der Waals surface area contributed by atoms with Crippen molar-refractivity contribution in [3.63, 3.8) is 0 Å². The summed E-state index contributed by atoms with van der Waals surface area (Å²) in [7, 11) is 16.8. The molecule has 0 N–H and O–H groups in total. The maximum atomic E-state index is 8.38. The Kier molecular flexibility index (Phi) is 6.78. The first kappa shape index (κ1) is 26.4. The summed E-state index contributed by atoms with van der Waals surface area (Å²) in [5.41, 5.74) is 13.5.